The van der Waals surface area contributed by atoms with Gasteiger partial charge in [-0.3, -0.25) is 0 Å². The smallest absolute Gasteiger partial charge is 0.100 e. The Morgan fingerprint density at radius 3 is 1.00 bits per heavy atom. The molecule has 0 unspecified atom stereocenters. The lowest BCUT2D eigenvalue weighted by atomic mass is 10.0. The summed E-state index contributed by atoms with van der Waals surface area (Å²) in [6, 6.07) is 15.6. The highest BCUT2D eigenvalue weighted by Gasteiger charge is 2.05. The number of benzene rings is 2. The molecular weight excluding hydrogens is 310 g/mol. The van der Waals surface area contributed by atoms with Crippen LogP contribution in [0.25, 0.3) is 11.1 Å². The summed E-state index contributed by atoms with van der Waals surface area (Å²) in [5, 5.41) is 0. The third kappa shape index (κ3) is 3.33. The van der Waals surface area contributed by atoms with E-state index in [0.717, 1.165) is 22.3 Å². The second kappa shape index (κ2) is 6.16. The van der Waals surface area contributed by atoms with Crippen molar-refractivity contribution in [3.05, 3.63) is 59.7 Å². The van der Waals surface area contributed by atoms with E-state index in [4.69, 9.17) is 46.4 Å². The average molecular weight is 320 g/mol. The molecule has 0 aliphatic heterocycles. The SMILES string of the molecule is ClC(Cl)c1ccc(-c2ccc(C(Cl)Cl)cc2)cc1. The van der Waals surface area contributed by atoms with E-state index in [9.17, 15) is 0 Å². The van der Waals surface area contributed by atoms with Gasteiger partial charge in [0.15, 0.2) is 0 Å². The Morgan fingerprint density at radius 2 is 0.778 bits per heavy atom. The summed E-state index contributed by atoms with van der Waals surface area (Å²) in [7, 11) is 0. The van der Waals surface area contributed by atoms with Crippen molar-refractivity contribution in [2.24, 2.45) is 0 Å². The summed E-state index contributed by atoms with van der Waals surface area (Å²) >= 11 is 23.2. The average Bonchev–Trinajstić information content (AvgIpc) is 2.39. The van der Waals surface area contributed by atoms with Crippen LogP contribution in [-0.2, 0) is 0 Å². The first kappa shape index (κ1) is 14.0. The fourth-order valence-corrected chi connectivity index (χ4v) is 2.22. The quantitative estimate of drug-likeness (QED) is 0.582. The topological polar surface area (TPSA) is 0 Å². The van der Waals surface area contributed by atoms with Crippen LogP contribution in [0.5, 0.6) is 0 Å². The normalized spacial score (nSPS) is 11.2. The predicted octanol–water partition coefficient (Wildman–Crippen LogP) is 6.31. The molecule has 18 heavy (non-hydrogen) atoms. The van der Waals surface area contributed by atoms with Crippen molar-refractivity contribution in [2.75, 3.05) is 0 Å². The van der Waals surface area contributed by atoms with Gasteiger partial charge in [-0.1, -0.05) is 48.5 Å². The van der Waals surface area contributed by atoms with E-state index in [1.807, 2.05) is 48.5 Å². The third-order valence-electron chi connectivity index (χ3n) is 2.66. The molecule has 0 aliphatic rings. The monoisotopic (exact) mass is 318 g/mol. The van der Waals surface area contributed by atoms with Crippen LogP contribution in [0.15, 0.2) is 48.5 Å². The molecular formula is C14H10Cl4. The van der Waals surface area contributed by atoms with Crippen LogP contribution in [-0.4, -0.2) is 0 Å². The second-order valence-electron chi connectivity index (χ2n) is 3.85. The van der Waals surface area contributed by atoms with E-state index < -0.39 is 9.67 Å². The van der Waals surface area contributed by atoms with Gasteiger partial charge in [-0.15, -0.1) is 46.4 Å². The number of halogens is 4. The Bertz CT molecular complexity index is 451. The molecule has 4 heteroatoms. The van der Waals surface area contributed by atoms with E-state index >= 15 is 0 Å². The van der Waals surface area contributed by atoms with Crippen molar-refractivity contribution in [3.63, 3.8) is 0 Å². The van der Waals surface area contributed by atoms with Crippen molar-refractivity contribution in [1.29, 1.82) is 0 Å². The first-order valence-corrected chi connectivity index (χ1v) is 7.09. The van der Waals surface area contributed by atoms with Crippen molar-refractivity contribution in [1.82, 2.24) is 0 Å². The molecule has 0 bridgehead atoms. The summed E-state index contributed by atoms with van der Waals surface area (Å²) < 4.78 is 0. The molecule has 2 aromatic carbocycles. The van der Waals surface area contributed by atoms with Gasteiger partial charge in [0, 0.05) is 0 Å². The first-order chi connectivity index (χ1) is 8.58. The largest absolute Gasteiger partial charge is 0.132 e. The van der Waals surface area contributed by atoms with Crippen LogP contribution in [0.3, 0.4) is 0 Å². The van der Waals surface area contributed by atoms with E-state index in [2.05, 4.69) is 0 Å². The predicted molar refractivity (Wildman–Crippen MR) is 80.8 cm³/mol. The van der Waals surface area contributed by atoms with Gasteiger partial charge in [0.1, 0.15) is 9.67 Å². The Labute approximate surface area is 126 Å². The lowest BCUT2D eigenvalue weighted by Crippen LogP contribution is -1.84. The number of rotatable bonds is 3. The highest BCUT2D eigenvalue weighted by atomic mass is 35.5. The standard InChI is InChI=1S/C14H10Cl4/c15-13(16)11-5-1-9(2-6-11)10-3-7-12(8-4-10)14(17)18/h1-8,13-14H. The van der Waals surface area contributed by atoms with Crippen molar-refractivity contribution < 1.29 is 0 Å². The number of alkyl halides is 4. The highest BCUT2D eigenvalue weighted by Crippen LogP contribution is 2.29. The van der Waals surface area contributed by atoms with Crippen molar-refractivity contribution in [2.45, 2.75) is 9.67 Å². The van der Waals surface area contributed by atoms with Crippen LogP contribution in [0, 0.1) is 0 Å². The molecule has 0 fully saturated rings. The molecule has 0 aromatic heterocycles. The molecule has 0 aliphatic carbocycles. The minimum atomic E-state index is -0.491. The molecule has 0 N–H and O–H groups in total. The van der Waals surface area contributed by atoms with Crippen LogP contribution in [0.4, 0.5) is 0 Å². The van der Waals surface area contributed by atoms with Crippen molar-refractivity contribution >= 4 is 46.4 Å². The Morgan fingerprint density at radius 1 is 0.500 bits per heavy atom. The summed E-state index contributed by atoms with van der Waals surface area (Å²) in [5.41, 5.74) is 3.97. The fourth-order valence-electron chi connectivity index (χ4n) is 1.64. The van der Waals surface area contributed by atoms with Gasteiger partial charge in [-0.05, 0) is 22.3 Å². The van der Waals surface area contributed by atoms with Crippen LogP contribution < -0.4 is 0 Å². The van der Waals surface area contributed by atoms with Gasteiger partial charge >= 0.3 is 0 Å². The molecule has 2 rings (SSSR count). The zero-order chi connectivity index (χ0) is 13.1. The maximum Gasteiger partial charge on any atom is 0.132 e. The van der Waals surface area contributed by atoms with Gasteiger partial charge in [-0.2, -0.15) is 0 Å². The van der Waals surface area contributed by atoms with Crippen LogP contribution in [0.1, 0.15) is 20.8 Å². The highest BCUT2D eigenvalue weighted by molar-refractivity contribution is 6.44. The summed E-state index contributed by atoms with van der Waals surface area (Å²) in [6.45, 7) is 0. The molecule has 0 saturated heterocycles. The lowest BCUT2D eigenvalue weighted by Gasteiger charge is -2.06. The summed E-state index contributed by atoms with van der Waals surface area (Å²) in [6.07, 6.45) is 0. The lowest BCUT2D eigenvalue weighted by molar-refractivity contribution is 1.34. The Kier molecular flexibility index (Phi) is 4.80. The van der Waals surface area contributed by atoms with Gasteiger partial charge < -0.3 is 0 Å². The van der Waals surface area contributed by atoms with E-state index in [1.165, 1.54) is 0 Å². The first-order valence-electron chi connectivity index (χ1n) is 5.34. The van der Waals surface area contributed by atoms with Crippen LogP contribution in [0.2, 0.25) is 0 Å². The Hall–Kier alpha value is -0.400. The minimum absolute atomic E-state index is 0.491. The van der Waals surface area contributed by atoms with E-state index in [0.29, 0.717) is 0 Å². The van der Waals surface area contributed by atoms with Gasteiger partial charge in [0.05, 0.1) is 0 Å². The minimum Gasteiger partial charge on any atom is -0.100 e. The van der Waals surface area contributed by atoms with Crippen molar-refractivity contribution in [3.8, 4) is 11.1 Å². The fraction of sp³-hybridized carbons (Fsp3) is 0.143. The molecule has 0 amide bonds. The maximum atomic E-state index is 5.79. The van der Waals surface area contributed by atoms with Crippen LogP contribution >= 0.6 is 46.4 Å². The molecule has 2 aromatic rings. The summed E-state index contributed by atoms with van der Waals surface area (Å²) in [4.78, 5) is -0.982. The molecule has 0 spiro atoms. The summed E-state index contributed by atoms with van der Waals surface area (Å²) in [5.74, 6) is 0. The molecule has 0 saturated carbocycles. The third-order valence-corrected chi connectivity index (χ3v) is 3.67. The van der Waals surface area contributed by atoms with E-state index in [-0.39, 0.29) is 0 Å². The molecule has 0 radical (unpaired) electrons. The molecule has 0 atom stereocenters. The zero-order valence-electron chi connectivity index (χ0n) is 9.29. The maximum absolute atomic E-state index is 5.79. The Balaban J connectivity index is 2.25. The number of hydrogen-bond acceptors (Lipinski definition) is 0. The number of hydrogen-bond donors (Lipinski definition) is 0. The second-order valence-corrected chi connectivity index (χ2v) is 6.04. The zero-order valence-corrected chi connectivity index (χ0v) is 12.3. The molecule has 0 heterocycles. The molecule has 0 nitrogen and oxygen atoms in total. The van der Waals surface area contributed by atoms with Gasteiger partial charge in [-0.25, -0.2) is 0 Å². The molecule has 94 valence electrons. The van der Waals surface area contributed by atoms with Gasteiger partial charge in [0.25, 0.3) is 0 Å². The van der Waals surface area contributed by atoms with Gasteiger partial charge in [0.2, 0.25) is 0 Å². The van der Waals surface area contributed by atoms with E-state index in [1.54, 1.807) is 0 Å².